The molecule has 0 amide bonds. The first-order valence-corrected chi connectivity index (χ1v) is 13.8. The number of aromatic nitrogens is 1. The van der Waals surface area contributed by atoms with Gasteiger partial charge in [-0.25, -0.2) is 4.79 Å². The smallest absolute Gasteiger partial charge is 0.481 e. The lowest BCUT2D eigenvalue weighted by atomic mass is 10.0. The zero-order valence-electron chi connectivity index (χ0n) is 22.3. The lowest BCUT2D eigenvalue weighted by Gasteiger charge is -2.12. The number of rotatable bonds is 17. The van der Waals surface area contributed by atoms with E-state index in [1.807, 2.05) is 48.5 Å². The number of carbonyl (C=O) groups excluding carboxylic acids is 1. The minimum atomic E-state index is -1.47. The summed E-state index contributed by atoms with van der Waals surface area (Å²) in [7, 11) is 0. The number of aryl methyl sites for hydroxylation is 1. The van der Waals surface area contributed by atoms with E-state index < -0.39 is 12.1 Å². The molecule has 1 aromatic heterocycles. The van der Waals surface area contributed by atoms with Crippen LogP contribution in [0.15, 0.2) is 48.5 Å². The molecule has 204 valence electrons. The molecule has 7 heteroatoms. The summed E-state index contributed by atoms with van der Waals surface area (Å²) >= 11 is 0. The molecular weight excluding hydrogens is 482 g/mol. The Morgan fingerprint density at radius 1 is 0.789 bits per heavy atom. The van der Waals surface area contributed by atoms with Crippen molar-refractivity contribution in [3.8, 4) is 5.88 Å². The van der Waals surface area contributed by atoms with Crippen LogP contribution in [0.5, 0.6) is 5.88 Å². The van der Waals surface area contributed by atoms with E-state index in [-0.39, 0.29) is 24.6 Å². The van der Waals surface area contributed by atoms with Crippen molar-refractivity contribution in [2.24, 2.45) is 0 Å². The molecule has 0 bridgehead atoms. The molecule has 0 aliphatic rings. The molecule has 0 saturated heterocycles. The molecule has 0 unspecified atom stereocenters. The predicted octanol–water partition coefficient (Wildman–Crippen LogP) is 7.87. The maximum Gasteiger partial charge on any atom is 0.512 e. The summed E-state index contributed by atoms with van der Waals surface area (Å²) in [6.45, 7) is 2.50. The second kappa shape index (κ2) is 15.0. The largest absolute Gasteiger partial charge is 0.512 e. The van der Waals surface area contributed by atoms with Crippen LogP contribution < -0.4 is 4.74 Å². The molecule has 2 N–H and O–H groups in total. The topological polar surface area (TPSA) is 106 Å². The van der Waals surface area contributed by atoms with Crippen molar-refractivity contribution in [3.63, 3.8) is 0 Å². The van der Waals surface area contributed by atoms with Crippen LogP contribution in [-0.2, 0) is 17.8 Å². The molecule has 0 atom stereocenters. The molecule has 0 fully saturated rings. The van der Waals surface area contributed by atoms with Gasteiger partial charge < -0.3 is 19.5 Å². The molecular formula is C31H39NO6. The minimum absolute atomic E-state index is 0.0286. The number of hydrogen-bond acceptors (Lipinski definition) is 4. The van der Waals surface area contributed by atoms with Gasteiger partial charge in [0, 0.05) is 18.2 Å². The highest BCUT2D eigenvalue weighted by atomic mass is 16.7. The number of ketones is 1. The van der Waals surface area contributed by atoms with Crippen LogP contribution in [0, 0.1) is 0 Å². The number of ether oxygens (including phenoxy) is 1. The van der Waals surface area contributed by atoms with Crippen molar-refractivity contribution in [2.45, 2.75) is 90.5 Å². The number of Topliss-reactive ketones (excluding diaryl/α,β-unsaturated/α-hetero) is 1. The average Bonchev–Trinajstić information content (AvgIpc) is 3.19. The van der Waals surface area contributed by atoms with Crippen molar-refractivity contribution in [1.29, 1.82) is 0 Å². The number of carboxylic acid groups (broad SMARTS) is 2. The number of aliphatic carboxylic acids is 1. The Bertz CT molecular complexity index is 1230. The molecule has 0 saturated carbocycles. The predicted molar refractivity (Wildman–Crippen MR) is 148 cm³/mol. The highest BCUT2D eigenvalue weighted by molar-refractivity contribution is 6.11. The Hall–Kier alpha value is -3.61. The van der Waals surface area contributed by atoms with E-state index in [0.717, 1.165) is 35.9 Å². The number of carbonyl (C=O) groups is 3. The molecule has 0 aliphatic heterocycles. The van der Waals surface area contributed by atoms with Gasteiger partial charge in [-0.3, -0.25) is 9.59 Å². The first-order chi connectivity index (χ1) is 18.4. The van der Waals surface area contributed by atoms with Gasteiger partial charge in [0.2, 0.25) is 5.88 Å². The van der Waals surface area contributed by atoms with Gasteiger partial charge in [-0.05, 0) is 30.0 Å². The Morgan fingerprint density at radius 3 is 2.13 bits per heavy atom. The summed E-state index contributed by atoms with van der Waals surface area (Å²) in [5.41, 5.74) is 2.77. The van der Waals surface area contributed by atoms with Gasteiger partial charge in [-0.2, -0.15) is 0 Å². The third-order valence-corrected chi connectivity index (χ3v) is 6.85. The van der Waals surface area contributed by atoms with Gasteiger partial charge in [-0.15, -0.1) is 0 Å². The third-order valence-electron chi connectivity index (χ3n) is 6.85. The highest BCUT2D eigenvalue weighted by Gasteiger charge is 2.25. The second-order valence-corrected chi connectivity index (χ2v) is 9.87. The van der Waals surface area contributed by atoms with E-state index in [2.05, 4.69) is 6.92 Å². The first kappa shape index (κ1) is 29.0. The van der Waals surface area contributed by atoms with Crippen LogP contribution in [-0.4, -0.2) is 32.7 Å². The normalized spacial score (nSPS) is 11.1. The molecule has 0 aliphatic carbocycles. The highest BCUT2D eigenvalue weighted by Crippen LogP contribution is 2.35. The maximum atomic E-state index is 13.4. The van der Waals surface area contributed by atoms with Gasteiger partial charge in [-0.1, -0.05) is 101 Å². The molecule has 0 radical (unpaired) electrons. The fraction of sp³-hybridized carbons (Fsp3) is 0.452. The molecule has 3 aromatic rings. The summed E-state index contributed by atoms with van der Waals surface area (Å²) in [6.07, 6.45) is 9.61. The maximum absolute atomic E-state index is 13.4. The Balaban J connectivity index is 1.78. The number of fused-ring (bicyclic) bond motifs is 1. The van der Waals surface area contributed by atoms with Crippen molar-refractivity contribution < 1.29 is 29.3 Å². The number of hydrogen-bond donors (Lipinski definition) is 2. The number of para-hydroxylation sites is 1. The van der Waals surface area contributed by atoms with Gasteiger partial charge in [0.15, 0.2) is 5.78 Å². The molecule has 1 heterocycles. The van der Waals surface area contributed by atoms with Gasteiger partial charge in [0.1, 0.15) is 0 Å². The molecule has 2 aromatic carbocycles. The van der Waals surface area contributed by atoms with E-state index in [1.54, 1.807) is 4.57 Å². The summed E-state index contributed by atoms with van der Waals surface area (Å²) in [5.74, 6) is -0.941. The molecule has 38 heavy (non-hydrogen) atoms. The van der Waals surface area contributed by atoms with E-state index in [1.165, 1.54) is 38.5 Å². The standard InChI is InChI=1S/C31H39NO6/c1-2-3-4-5-6-7-8-9-10-18-27(33)29-25-16-11-12-17-26(25)32(30(29)38-31(36)37)22-24-15-13-14-23(21-24)19-20-28(34)35/h11-17,21H,2-10,18-20,22H2,1H3,(H,34,35)(H,36,37). The third kappa shape index (κ3) is 8.47. The second-order valence-electron chi connectivity index (χ2n) is 9.87. The van der Waals surface area contributed by atoms with E-state index in [0.29, 0.717) is 23.8 Å². The van der Waals surface area contributed by atoms with Crippen LogP contribution in [0.25, 0.3) is 10.9 Å². The van der Waals surface area contributed by atoms with Crippen LogP contribution >= 0.6 is 0 Å². The van der Waals surface area contributed by atoms with Crippen molar-refractivity contribution in [3.05, 3.63) is 65.2 Å². The Kier molecular flexibility index (Phi) is 11.4. The van der Waals surface area contributed by atoms with Crippen LogP contribution in [0.2, 0.25) is 0 Å². The average molecular weight is 522 g/mol. The lowest BCUT2D eigenvalue weighted by Crippen LogP contribution is -2.12. The number of benzene rings is 2. The SMILES string of the molecule is CCCCCCCCCCCC(=O)c1c(OC(=O)O)n(Cc2cccc(CCC(=O)O)c2)c2ccccc12. The van der Waals surface area contributed by atoms with E-state index in [4.69, 9.17) is 9.84 Å². The molecule has 0 spiro atoms. The van der Waals surface area contributed by atoms with Gasteiger partial charge in [0.25, 0.3) is 0 Å². The summed E-state index contributed by atoms with van der Waals surface area (Å²) in [4.78, 5) is 36.0. The fourth-order valence-electron chi connectivity index (χ4n) is 4.93. The summed E-state index contributed by atoms with van der Waals surface area (Å²) in [6, 6.07) is 14.9. The number of nitrogens with zero attached hydrogens (tertiary/aromatic N) is 1. The zero-order valence-corrected chi connectivity index (χ0v) is 22.3. The molecule has 3 rings (SSSR count). The zero-order chi connectivity index (χ0) is 27.3. The fourth-order valence-corrected chi connectivity index (χ4v) is 4.93. The number of unbranched alkanes of at least 4 members (excludes halogenated alkanes) is 8. The van der Waals surface area contributed by atoms with Crippen molar-refractivity contribution in [2.75, 3.05) is 0 Å². The molecule has 7 nitrogen and oxygen atoms in total. The van der Waals surface area contributed by atoms with Crippen LogP contribution in [0.1, 0.15) is 99.0 Å². The Morgan fingerprint density at radius 2 is 1.45 bits per heavy atom. The van der Waals surface area contributed by atoms with Gasteiger partial charge in [0.05, 0.1) is 17.6 Å². The monoisotopic (exact) mass is 521 g/mol. The van der Waals surface area contributed by atoms with Crippen LogP contribution in [0.3, 0.4) is 0 Å². The van der Waals surface area contributed by atoms with Crippen molar-refractivity contribution >= 4 is 28.8 Å². The van der Waals surface area contributed by atoms with E-state index >= 15 is 0 Å². The van der Waals surface area contributed by atoms with Gasteiger partial charge >= 0.3 is 12.1 Å². The minimum Gasteiger partial charge on any atom is -0.481 e. The summed E-state index contributed by atoms with van der Waals surface area (Å²) in [5, 5.41) is 19.2. The lowest BCUT2D eigenvalue weighted by molar-refractivity contribution is -0.136. The van der Waals surface area contributed by atoms with E-state index in [9.17, 15) is 19.5 Å². The number of carboxylic acids is 1. The Labute approximate surface area is 224 Å². The van der Waals surface area contributed by atoms with Crippen LogP contribution in [0.4, 0.5) is 4.79 Å². The summed E-state index contributed by atoms with van der Waals surface area (Å²) < 4.78 is 6.96. The van der Waals surface area contributed by atoms with Crippen molar-refractivity contribution in [1.82, 2.24) is 4.57 Å². The quantitative estimate of drug-likeness (QED) is 0.106. The first-order valence-electron chi connectivity index (χ1n) is 13.8.